The Morgan fingerprint density at radius 3 is 2.79 bits per heavy atom. The van der Waals surface area contributed by atoms with Crippen molar-refractivity contribution in [1.82, 2.24) is 4.90 Å². The summed E-state index contributed by atoms with van der Waals surface area (Å²) in [4.78, 5) is 2.45. The number of hydrogen-bond acceptors (Lipinski definition) is 3. The summed E-state index contributed by atoms with van der Waals surface area (Å²) in [5, 5.41) is 11.3. The maximum Gasteiger partial charge on any atom is 0.112 e. The lowest BCUT2D eigenvalue weighted by atomic mass is 9.55. The molecule has 3 heteroatoms. The van der Waals surface area contributed by atoms with E-state index in [0.717, 1.165) is 39.1 Å². The van der Waals surface area contributed by atoms with Gasteiger partial charge in [-0.25, -0.2) is 0 Å². The Bertz CT molecular complexity index is 483. The second kappa shape index (κ2) is 4.30. The van der Waals surface area contributed by atoms with Gasteiger partial charge in [-0.05, 0) is 24.0 Å². The van der Waals surface area contributed by atoms with E-state index in [9.17, 15) is 5.11 Å². The number of aliphatic hydroxyl groups is 1. The van der Waals surface area contributed by atoms with Gasteiger partial charge in [-0.3, -0.25) is 4.90 Å². The van der Waals surface area contributed by atoms with E-state index in [1.165, 1.54) is 17.5 Å². The first kappa shape index (κ1) is 11.9. The van der Waals surface area contributed by atoms with E-state index in [2.05, 4.69) is 29.2 Å². The zero-order valence-corrected chi connectivity index (χ0v) is 11.2. The summed E-state index contributed by atoms with van der Waals surface area (Å²) in [6, 6.07) is 8.74. The molecule has 3 atom stereocenters. The molecule has 1 saturated heterocycles. The van der Waals surface area contributed by atoms with Crippen molar-refractivity contribution in [1.29, 1.82) is 0 Å². The number of hydrogen-bond donors (Lipinski definition) is 1. The molecule has 1 N–H and O–H groups in total. The largest absolute Gasteiger partial charge is 0.383 e. The monoisotopic (exact) mass is 259 g/mol. The van der Waals surface area contributed by atoms with Crippen LogP contribution < -0.4 is 0 Å². The molecule has 3 nitrogen and oxygen atoms in total. The summed E-state index contributed by atoms with van der Waals surface area (Å²) in [5.74, 6) is 0.352. The number of ether oxygens (including phenoxy) is 1. The van der Waals surface area contributed by atoms with E-state index in [0.29, 0.717) is 5.92 Å². The fourth-order valence-corrected chi connectivity index (χ4v) is 4.39. The second-order valence-electron chi connectivity index (χ2n) is 6.06. The highest BCUT2D eigenvalue weighted by Crippen LogP contribution is 2.58. The van der Waals surface area contributed by atoms with Crippen LogP contribution in [0.4, 0.5) is 0 Å². The van der Waals surface area contributed by atoms with Gasteiger partial charge in [0.05, 0.1) is 13.2 Å². The van der Waals surface area contributed by atoms with E-state index in [1.54, 1.807) is 0 Å². The minimum absolute atomic E-state index is 0.282. The van der Waals surface area contributed by atoms with E-state index in [4.69, 9.17) is 4.74 Å². The highest BCUT2D eigenvalue weighted by molar-refractivity contribution is 5.49. The van der Waals surface area contributed by atoms with Crippen molar-refractivity contribution in [3.05, 3.63) is 35.4 Å². The Hall–Kier alpha value is -0.900. The highest BCUT2D eigenvalue weighted by Gasteiger charge is 2.58. The third kappa shape index (κ3) is 1.55. The molecule has 1 aromatic carbocycles. The number of rotatable bonds is 1. The van der Waals surface area contributed by atoms with E-state index >= 15 is 0 Å². The number of nitrogens with zero attached hydrogens (tertiary/aromatic N) is 1. The smallest absolute Gasteiger partial charge is 0.112 e. The Kier molecular flexibility index (Phi) is 2.69. The van der Waals surface area contributed by atoms with Gasteiger partial charge in [0.2, 0.25) is 0 Å². The lowest BCUT2D eigenvalue weighted by Gasteiger charge is -2.58. The molecular weight excluding hydrogens is 238 g/mol. The van der Waals surface area contributed by atoms with Gasteiger partial charge in [-0.15, -0.1) is 0 Å². The molecule has 1 aromatic rings. The van der Waals surface area contributed by atoms with Crippen LogP contribution in [-0.2, 0) is 10.3 Å². The van der Waals surface area contributed by atoms with Crippen LogP contribution in [0.1, 0.15) is 36.3 Å². The van der Waals surface area contributed by atoms with Gasteiger partial charge in [-0.2, -0.15) is 0 Å². The lowest BCUT2D eigenvalue weighted by molar-refractivity contribution is -0.132. The molecule has 0 bridgehead atoms. The van der Waals surface area contributed by atoms with Gasteiger partial charge in [0.1, 0.15) is 5.60 Å². The number of morpholine rings is 1. The summed E-state index contributed by atoms with van der Waals surface area (Å²) in [7, 11) is 0. The average Bonchev–Trinajstić information content (AvgIpc) is 2.47. The first-order valence-electron chi connectivity index (χ1n) is 7.45. The molecule has 1 aliphatic heterocycles. The lowest BCUT2D eigenvalue weighted by Crippen LogP contribution is -2.62. The van der Waals surface area contributed by atoms with Gasteiger partial charge < -0.3 is 9.84 Å². The Balaban J connectivity index is 1.70. The minimum atomic E-state index is -0.605. The van der Waals surface area contributed by atoms with Crippen molar-refractivity contribution in [2.24, 2.45) is 0 Å². The van der Waals surface area contributed by atoms with Crippen LogP contribution in [0.2, 0.25) is 0 Å². The molecule has 0 unspecified atom stereocenters. The molecule has 1 heterocycles. The van der Waals surface area contributed by atoms with Crippen molar-refractivity contribution < 1.29 is 9.84 Å². The van der Waals surface area contributed by atoms with Crippen molar-refractivity contribution >= 4 is 0 Å². The van der Waals surface area contributed by atoms with Gasteiger partial charge in [0.15, 0.2) is 0 Å². The molecule has 102 valence electrons. The maximum absolute atomic E-state index is 11.3. The van der Waals surface area contributed by atoms with Crippen LogP contribution in [0, 0.1) is 0 Å². The van der Waals surface area contributed by atoms with Crippen LogP contribution in [0.3, 0.4) is 0 Å². The molecule has 0 amide bonds. The predicted molar refractivity (Wildman–Crippen MR) is 73.1 cm³/mol. The van der Waals surface area contributed by atoms with E-state index in [1.807, 2.05) is 0 Å². The number of fused-ring (bicyclic) bond motifs is 4. The first-order valence-corrected chi connectivity index (χ1v) is 7.45. The molecule has 2 fully saturated rings. The molecule has 0 aromatic heterocycles. The molecule has 19 heavy (non-hydrogen) atoms. The predicted octanol–water partition coefficient (Wildman–Crippen LogP) is 1.86. The van der Waals surface area contributed by atoms with Crippen LogP contribution in [-0.4, -0.2) is 42.4 Å². The average molecular weight is 259 g/mol. The number of benzene rings is 1. The van der Waals surface area contributed by atoms with E-state index in [-0.39, 0.29) is 6.04 Å². The quantitative estimate of drug-likeness (QED) is 0.835. The fourth-order valence-electron chi connectivity index (χ4n) is 4.39. The third-order valence-electron chi connectivity index (χ3n) is 5.26. The van der Waals surface area contributed by atoms with Crippen molar-refractivity contribution in [2.45, 2.75) is 36.8 Å². The highest BCUT2D eigenvalue weighted by atomic mass is 16.5. The normalized spacial score (nSPS) is 38.2. The summed E-state index contributed by atoms with van der Waals surface area (Å²) < 4.78 is 5.45. The van der Waals surface area contributed by atoms with Crippen LogP contribution in [0.15, 0.2) is 24.3 Å². The Morgan fingerprint density at radius 2 is 1.95 bits per heavy atom. The van der Waals surface area contributed by atoms with Crippen molar-refractivity contribution in [2.75, 3.05) is 26.3 Å². The minimum Gasteiger partial charge on any atom is -0.383 e. The summed E-state index contributed by atoms with van der Waals surface area (Å²) in [5.41, 5.74) is 1.95. The SMILES string of the molecule is O[C@@]12c3ccccc3[C@H]1CCC[C@H]2N1CCOCC1. The Labute approximate surface area is 114 Å². The van der Waals surface area contributed by atoms with Gasteiger partial charge in [-0.1, -0.05) is 30.7 Å². The fraction of sp³-hybridized carbons (Fsp3) is 0.625. The maximum atomic E-state index is 11.3. The summed E-state index contributed by atoms with van der Waals surface area (Å²) >= 11 is 0. The van der Waals surface area contributed by atoms with Gasteiger partial charge in [0, 0.05) is 25.0 Å². The molecule has 1 saturated carbocycles. The molecule has 4 rings (SSSR count). The van der Waals surface area contributed by atoms with Crippen molar-refractivity contribution in [3.8, 4) is 0 Å². The van der Waals surface area contributed by atoms with E-state index < -0.39 is 5.60 Å². The Morgan fingerprint density at radius 1 is 1.16 bits per heavy atom. The zero-order chi connectivity index (χ0) is 12.9. The molecule has 0 radical (unpaired) electrons. The van der Waals surface area contributed by atoms with Gasteiger partial charge >= 0.3 is 0 Å². The topological polar surface area (TPSA) is 32.7 Å². The third-order valence-corrected chi connectivity index (χ3v) is 5.26. The van der Waals surface area contributed by atoms with Crippen LogP contribution >= 0.6 is 0 Å². The summed E-state index contributed by atoms with van der Waals surface area (Å²) in [6.45, 7) is 3.53. The molecular formula is C16H21NO2. The molecule has 0 spiro atoms. The second-order valence-corrected chi connectivity index (χ2v) is 6.06. The summed E-state index contributed by atoms with van der Waals surface area (Å²) in [6.07, 6.45) is 3.47. The van der Waals surface area contributed by atoms with Crippen LogP contribution in [0.5, 0.6) is 0 Å². The first-order chi connectivity index (χ1) is 9.32. The van der Waals surface area contributed by atoms with Gasteiger partial charge in [0.25, 0.3) is 0 Å². The zero-order valence-electron chi connectivity index (χ0n) is 11.2. The standard InChI is InChI=1S/C16H21NO2/c18-16-13-5-2-1-4-12(13)14(16)6-3-7-15(16)17-8-10-19-11-9-17/h1-2,4-5,14-15,18H,3,6-11H2/t14-,15-,16+/m1/s1. The van der Waals surface area contributed by atoms with Crippen molar-refractivity contribution in [3.63, 3.8) is 0 Å². The van der Waals surface area contributed by atoms with Crippen LogP contribution in [0.25, 0.3) is 0 Å². The molecule has 3 aliphatic rings. The molecule has 2 aliphatic carbocycles.